The molecule has 1 aromatic heterocycles. The molecule has 23 heavy (non-hydrogen) atoms. The number of carbonyl (C=O) groups is 1. The summed E-state index contributed by atoms with van der Waals surface area (Å²) >= 11 is 0. The predicted molar refractivity (Wildman–Crippen MR) is 83.8 cm³/mol. The molecule has 0 unspecified atom stereocenters. The van der Waals surface area contributed by atoms with Crippen molar-refractivity contribution in [1.29, 1.82) is 0 Å². The maximum atomic E-state index is 12.1. The first-order valence-corrected chi connectivity index (χ1v) is 8.17. The lowest BCUT2D eigenvalue weighted by atomic mass is 9.83. The first kappa shape index (κ1) is 14.2. The number of aromatic nitrogens is 3. The number of para-hydroxylation sites is 1. The van der Waals surface area contributed by atoms with Crippen molar-refractivity contribution in [3.63, 3.8) is 0 Å². The summed E-state index contributed by atoms with van der Waals surface area (Å²) in [4.78, 5) is 14.1. The molecule has 1 saturated carbocycles. The first-order chi connectivity index (χ1) is 11.3. The Morgan fingerprint density at radius 1 is 1.22 bits per heavy atom. The highest BCUT2D eigenvalue weighted by Gasteiger charge is 2.37. The van der Waals surface area contributed by atoms with Crippen molar-refractivity contribution in [2.45, 2.75) is 31.9 Å². The van der Waals surface area contributed by atoms with Gasteiger partial charge in [0.25, 0.3) is 0 Å². The van der Waals surface area contributed by atoms with E-state index in [1.165, 1.54) is 6.42 Å². The summed E-state index contributed by atoms with van der Waals surface area (Å²) in [5.74, 6) is 1.42. The van der Waals surface area contributed by atoms with E-state index in [1.54, 1.807) is 0 Å². The van der Waals surface area contributed by atoms with Gasteiger partial charge in [-0.3, -0.25) is 4.79 Å². The normalized spacial score (nSPS) is 18.3. The SMILES string of the molecule is O=C(C1CCC1)N1CC(n2cc(COc3ccccc3)nn2)C1. The molecule has 1 aliphatic carbocycles. The van der Waals surface area contributed by atoms with Crippen molar-refractivity contribution in [3.8, 4) is 5.75 Å². The van der Waals surface area contributed by atoms with Gasteiger partial charge < -0.3 is 9.64 Å². The van der Waals surface area contributed by atoms with Gasteiger partial charge in [0.2, 0.25) is 5.91 Å². The number of hydrogen-bond donors (Lipinski definition) is 0. The zero-order chi connectivity index (χ0) is 15.6. The molecule has 2 aliphatic rings. The fraction of sp³-hybridized carbons (Fsp3) is 0.471. The van der Waals surface area contributed by atoms with E-state index in [-0.39, 0.29) is 12.0 Å². The lowest BCUT2D eigenvalue weighted by molar-refractivity contribution is -0.144. The summed E-state index contributed by atoms with van der Waals surface area (Å²) in [6.45, 7) is 1.90. The molecule has 1 saturated heterocycles. The van der Waals surface area contributed by atoms with Crippen molar-refractivity contribution in [2.75, 3.05) is 13.1 Å². The zero-order valence-corrected chi connectivity index (χ0v) is 13.0. The predicted octanol–water partition coefficient (Wildman–Crippen LogP) is 2.04. The van der Waals surface area contributed by atoms with Crippen LogP contribution in [0.3, 0.4) is 0 Å². The lowest BCUT2D eigenvalue weighted by Gasteiger charge is -2.42. The third-order valence-corrected chi connectivity index (χ3v) is 4.69. The molecule has 0 N–H and O–H groups in total. The highest BCUT2D eigenvalue weighted by Crippen LogP contribution is 2.31. The van der Waals surface area contributed by atoms with Gasteiger partial charge in [0.05, 0.1) is 12.2 Å². The van der Waals surface area contributed by atoms with Crippen LogP contribution >= 0.6 is 0 Å². The number of benzene rings is 1. The molecule has 2 aromatic rings. The first-order valence-electron chi connectivity index (χ1n) is 8.17. The Morgan fingerprint density at radius 3 is 2.70 bits per heavy atom. The van der Waals surface area contributed by atoms with Crippen molar-refractivity contribution < 1.29 is 9.53 Å². The van der Waals surface area contributed by atoms with Crippen LogP contribution in [-0.4, -0.2) is 38.9 Å². The van der Waals surface area contributed by atoms with Crippen LogP contribution in [-0.2, 0) is 11.4 Å². The van der Waals surface area contributed by atoms with Gasteiger partial charge in [0.15, 0.2) is 0 Å². The van der Waals surface area contributed by atoms with Crippen molar-refractivity contribution >= 4 is 5.91 Å². The summed E-state index contributed by atoms with van der Waals surface area (Å²) in [6.07, 6.45) is 5.23. The number of carbonyl (C=O) groups excluding carboxylic acids is 1. The standard InChI is InChI=1S/C17H20N4O2/c22-17(13-5-4-6-13)20-10-15(11-20)21-9-14(18-19-21)12-23-16-7-2-1-3-8-16/h1-3,7-9,13,15H,4-6,10-12H2. The van der Waals surface area contributed by atoms with Crippen molar-refractivity contribution in [1.82, 2.24) is 19.9 Å². The topological polar surface area (TPSA) is 60.2 Å². The minimum Gasteiger partial charge on any atom is -0.487 e. The fourth-order valence-corrected chi connectivity index (χ4v) is 2.95. The van der Waals surface area contributed by atoms with Crippen molar-refractivity contribution in [2.24, 2.45) is 5.92 Å². The third kappa shape index (κ3) is 2.93. The second-order valence-corrected chi connectivity index (χ2v) is 6.32. The molecule has 120 valence electrons. The molecule has 0 spiro atoms. The minimum absolute atomic E-state index is 0.247. The van der Waals surface area contributed by atoms with E-state index in [2.05, 4.69) is 10.3 Å². The Morgan fingerprint density at radius 2 is 2.00 bits per heavy atom. The van der Waals surface area contributed by atoms with Gasteiger partial charge in [-0.15, -0.1) is 5.10 Å². The Labute approximate surface area is 135 Å². The van der Waals surface area contributed by atoms with Gasteiger partial charge in [-0.2, -0.15) is 0 Å². The number of rotatable bonds is 5. The third-order valence-electron chi connectivity index (χ3n) is 4.69. The molecule has 2 fully saturated rings. The Balaban J connectivity index is 1.28. The molecule has 0 radical (unpaired) electrons. The van der Waals surface area contributed by atoms with E-state index in [0.717, 1.165) is 37.4 Å². The van der Waals surface area contributed by atoms with Gasteiger partial charge in [0.1, 0.15) is 18.1 Å². The summed E-state index contributed by atoms with van der Waals surface area (Å²) in [6, 6.07) is 9.91. The second kappa shape index (κ2) is 6.02. The van der Waals surface area contributed by atoms with Crippen molar-refractivity contribution in [3.05, 3.63) is 42.2 Å². The highest BCUT2D eigenvalue weighted by molar-refractivity contribution is 5.80. The Kier molecular flexibility index (Phi) is 3.73. The van der Waals surface area contributed by atoms with Gasteiger partial charge >= 0.3 is 0 Å². The Hall–Kier alpha value is -2.37. The van der Waals surface area contributed by atoms with E-state index in [9.17, 15) is 4.79 Å². The quantitative estimate of drug-likeness (QED) is 0.848. The number of hydrogen-bond acceptors (Lipinski definition) is 4. The van der Waals surface area contributed by atoms with Gasteiger partial charge in [-0.25, -0.2) is 4.68 Å². The molecule has 0 atom stereocenters. The van der Waals surface area contributed by atoms with Crippen LogP contribution in [0.2, 0.25) is 0 Å². The van der Waals surface area contributed by atoms with E-state index in [4.69, 9.17) is 4.74 Å². The van der Waals surface area contributed by atoms with Crippen LogP contribution in [0.25, 0.3) is 0 Å². The van der Waals surface area contributed by atoms with Crippen LogP contribution in [0.5, 0.6) is 5.75 Å². The summed E-state index contributed by atoms with van der Waals surface area (Å²) in [5.41, 5.74) is 0.803. The Bertz CT molecular complexity index is 675. The largest absolute Gasteiger partial charge is 0.487 e. The summed E-state index contributed by atoms with van der Waals surface area (Å²) in [7, 11) is 0. The average Bonchev–Trinajstić information content (AvgIpc) is 2.91. The second-order valence-electron chi connectivity index (χ2n) is 6.32. The molecule has 0 bridgehead atoms. The van der Waals surface area contributed by atoms with E-state index in [1.807, 2.05) is 46.1 Å². The number of amides is 1. The maximum Gasteiger partial charge on any atom is 0.225 e. The minimum atomic E-state index is 0.247. The molecule has 1 aliphatic heterocycles. The van der Waals surface area contributed by atoms with Gasteiger partial charge in [-0.05, 0) is 25.0 Å². The number of nitrogens with zero attached hydrogens (tertiary/aromatic N) is 4. The smallest absolute Gasteiger partial charge is 0.225 e. The van der Waals surface area contributed by atoms with Crippen LogP contribution < -0.4 is 4.74 Å². The van der Waals surface area contributed by atoms with Crippen LogP contribution in [0, 0.1) is 5.92 Å². The molecular formula is C17H20N4O2. The molecular weight excluding hydrogens is 292 g/mol. The highest BCUT2D eigenvalue weighted by atomic mass is 16.5. The molecule has 6 heteroatoms. The van der Waals surface area contributed by atoms with Gasteiger partial charge in [0, 0.05) is 19.0 Å². The van der Waals surface area contributed by atoms with Gasteiger partial charge in [-0.1, -0.05) is 29.8 Å². The maximum absolute atomic E-state index is 12.1. The molecule has 6 nitrogen and oxygen atoms in total. The van der Waals surface area contributed by atoms with Crippen LogP contribution in [0.15, 0.2) is 36.5 Å². The molecule has 1 aromatic carbocycles. The average molecular weight is 312 g/mol. The molecule has 4 rings (SSSR count). The van der Waals surface area contributed by atoms with Crippen LogP contribution in [0.1, 0.15) is 31.0 Å². The van der Waals surface area contributed by atoms with E-state index >= 15 is 0 Å². The fourth-order valence-electron chi connectivity index (χ4n) is 2.95. The van der Waals surface area contributed by atoms with E-state index in [0.29, 0.717) is 12.5 Å². The number of likely N-dealkylation sites (tertiary alicyclic amines) is 1. The van der Waals surface area contributed by atoms with Crippen LogP contribution in [0.4, 0.5) is 0 Å². The summed E-state index contributed by atoms with van der Waals surface area (Å²) in [5, 5.41) is 8.32. The molecule has 2 heterocycles. The zero-order valence-electron chi connectivity index (χ0n) is 13.0. The summed E-state index contributed by atoms with van der Waals surface area (Å²) < 4.78 is 7.52. The van der Waals surface area contributed by atoms with E-state index < -0.39 is 0 Å². The number of ether oxygens (including phenoxy) is 1. The monoisotopic (exact) mass is 312 g/mol. The lowest BCUT2D eigenvalue weighted by Crippen LogP contribution is -2.53. The molecule has 1 amide bonds.